The lowest BCUT2D eigenvalue weighted by Gasteiger charge is -2.09. The second-order valence-corrected chi connectivity index (χ2v) is 6.13. The van der Waals surface area contributed by atoms with Crippen LogP contribution in [0.25, 0.3) is 0 Å². The summed E-state index contributed by atoms with van der Waals surface area (Å²) in [6.45, 7) is -0.637. The monoisotopic (exact) mass is 329 g/mol. The molecule has 0 atom stereocenters. The highest BCUT2D eigenvalue weighted by molar-refractivity contribution is 7.89. The van der Waals surface area contributed by atoms with Gasteiger partial charge in [-0.25, -0.2) is 17.5 Å². The first-order valence-electron chi connectivity index (χ1n) is 6.11. The Morgan fingerprint density at radius 3 is 2.38 bits per heavy atom. The zero-order valence-electron chi connectivity index (χ0n) is 11.0. The van der Waals surface area contributed by atoms with Gasteiger partial charge in [0.05, 0.1) is 6.61 Å². The molecule has 0 saturated heterocycles. The van der Waals surface area contributed by atoms with Crippen LogP contribution in [0, 0.1) is 5.82 Å². The van der Waals surface area contributed by atoms with Crippen molar-refractivity contribution in [1.29, 1.82) is 0 Å². The summed E-state index contributed by atoms with van der Waals surface area (Å²) in [4.78, 5) is -0.601. The Labute approximate surface area is 119 Å². The number of aliphatic hydroxyl groups excluding tert-OH is 1. The van der Waals surface area contributed by atoms with Gasteiger partial charge in [0.1, 0.15) is 10.7 Å². The van der Waals surface area contributed by atoms with Gasteiger partial charge in [-0.1, -0.05) is 6.07 Å². The molecule has 0 aliphatic carbocycles. The van der Waals surface area contributed by atoms with Crippen LogP contribution in [-0.2, 0) is 16.6 Å². The van der Waals surface area contributed by atoms with Crippen LogP contribution in [0.15, 0.2) is 23.1 Å². The zero-order valence-corrected chi connectivity index (χ0v) is 11.8. The molecule has 0 fully saturated rings. The maximum atomic E-state index is 13.6. The van der Waals surface area contributed by atoms with Gasteiger partial charge in [0.15, 0.2) is 0 Å². The van der Waals surface area contributed by atoms with E-state index in [1.807, 2.05) is 4.72 Å². The van der Waals surface area contributed by atoms with E-state index in [4.69, 9.17) is 5.11 Å². The first-order valence-corrected chi connectivity index (χ1v) is 7.60. The van der Waals surface area contributed by atoms with Crippen molar-refractivity contribution >= 4 is 10.0 Å². The fraction of sp³-hybridized carbons (Fsp3) is 0.500. The molecular formula is C12H15F4NO3S. The predicted molar refractivity (Wildman–Crippen MR) is 67.4 cm³/mol. The first kappa shape index (κ1) is 17.9. The number of aliphatic hydroxyl groups is 1. The molecule has 0 bridgehead atoms. The molecule has 1 rings (SSSR count). The fourth-order valence-electron chi connectivity index (χ4n) is 1.60. The number of alkyl halides is 3. The summed E-state index contributed by atoms with van der Waals surface area (Å²) < 4.78 is 74.9. The normalized spacial score (nSPS) is 12.6. The van der Waals surface area contributed by atoms with Gasteiger partial charge < -0.3 is 5.11 Å². The Hall–Kier alpha value is -1.19. The number of unbranched alkanes of at least 4 members (excludes halogenated alkanes) is 1. The van der Waals surface area contributed by atoms with Crippen LogP contribution in [-0.4, -0.2) is 26.2 Å². The average Bonchev–Trinajstić information content (AvgIpc) is 2.36. The second kappa shape index (κ2) is 7.19. The molecule has 21 heavy (non-hydrogen) atoms. The predicted octanol–water partition coefficient (Wildman–Crippen LogP) is 2.33. The van der Waals surface area contributed by atoms with Gasteiger partial charge >= 0.3 is 6.18 Å². The summed E-state index contributed by atoms with van der Waals surface area (Å²) >= 11 is 0. The minimum Gasteiger partial charge on any atom is -0.392 e. The average molecular weight is 329 g/mol. The number of rotatable bonds is 7. The third-order valence-electron chi connectivity index (χ3n) is 2.65. The van der Waals surface area contributed by atoms with E-state index in [2.05, 4.69) is 0 Å². The summed E-state index contributed by atoms with van der Waals surface area (Å²) in [6, 6.07) is 3.14. The Bertz CT molecular complexity index is 572. The van der Waals surface area contributed by atoms with E-state index >= 15 is 0 Å². The molecule has 120 valence electrons. The van der Waals surface area contributed by atoms with Crippen LogP contribution in [0.1, 0.15) is 24.8 Å². The van der Waals surface area contributed by atoms with Gasteiger partial charge in [-0.3, -0.25) is 0 Å². The number of benzene rings is 1. The third kappa shape index (κ3) is 5.98. The summed E-state index contributed by atoms with van der Waals surface area (Å²) in [6.07, 6.45) is -5.48. The maximum Gasteiger partial charge on any atom is 0.389 e. The molecule has 0 heterocycles. The molecule has 0 saturated carbocycles. The van der Waals surface area contributed by atoms with Crippen molar-refractivity contribution in [1.82, 2.24) is 4.72 Å². The Morgan fingerprint density at radius 1 is 1.19 bits per heavy atom. The quantitative estimate of drug-likeness (QED) is 0.596. The van der Waals surface area contributed by atoms with E-state index in [1.54, 1.807) is 0 Å². The Kier molecular flexibility index (Phi) is 6.11. The lowest BCUT2D eigenvalue weighted by molar-refractivity contribution is -0.135. The zero-order chi connectivity index (χ0) is 16.1. The molecule has 0 spiro atoms. The van der Waals surface area contributed by atoms with E-state index in [9.17, 15) is 26.0 Å². The largest absolute Gasteiger partial charge is 0.392 e. The van der Waals surface area contributed by atoms with Gasteiger partial charge in [0.25, 0.3) is 0 Å². The fourth-order valence-corrected chi connectivity index (χ4v) is 2.73. The van der Waals surface area contributed by atoms with Gasteiger partial charge in [-0.2, -0.15) is 13.2 Å². The van der Waals surface area contributed by atoms with Crippen molar-refractivity contribution in [2.75, 3.05) is 6.54 Å². The van der Waals surface area contributed by atoms with Crippen LogP contribution < -0.4 is 4.72 Å². The Balaban J connectivity index is 2.58. The van der Waals surface area contributed by atoms with Crippen molar-refractivity contribution in [2.24, 2.45) is 0 Å². The van der Waals surface area contributed by atoms with Crippen molar-refractivity contribution in [3.8, 4) is 0 Å². The highest BCUT2D eigenvalue weighted by Crippen LogP contribution is 2.22. The molecule has 1 aromatic carbocycles. The minimum absolute atomic E-state index is 0.00488. The number of hydrogen-bond donors (Lipinski definition) is 2. The molecule has 1 aromatic rings. The van der Waals surface area contributed by atoms with Crippen LogP contribution in [0.2, 0.25) is 0 Å². The van der Waals surface area contributed by atoms with Crippen molar-refractivity contribution in [3.63, 3.8) is 0 Å². The number of sulfonamides is 1. The minimum atomic E-state index is -4.27. The lowest BCUT2D eigenvalue weighted by Crippen LogP contribution is -2.26. The summed E-state index contributed by atoms with van der Waals surface area (Å²) in [5.74, 6) is -1.02. The molecule has 0 amide bonds. The van der Waals surface area contributed by atoms with Crippen LogP contribution in [0.5, 0.6) is 0 Å². The number of hydrogen-bond acceptors (Lipinski definition) is 3. The van der Waals surface area contributed by atoms with Gasteiger partial charge in [-0.05, 0) is 30.5 Å². The molecular weight excluding hydrogens is 314 g/mol. The van der Waals surface area contributed by atoms with Crippen LogP contribution in [0.3, 0.4) is 0 Å². The molecule has 9 heteroatoms. The standard InChI is InChI=1S/C12H15F4NO3S/c13-10-7-9(8-18)3-4-11(10)21(19,20)17-6-2-1-5-12(14,15)16/h3-4,7,17-18H,1-2,5-6,8H2. The van der Waals surface area contributed by atoms with Gasteiger partial charge in [-0.15, -0.1) is 0 Å². The van der Waals surface area contributed by atoms with Crippen molar-refractivity contribution < 1.29 is 31.1 Å². The smallest absolute Gasteiger partial charge is 0.389 e. The molecule has 0 aliphatic heterocycles. The molecule has 0 aliphatic rings. The Morgan fingerprint density at radius 2 is 1.86 bits per heavy atom. The van der Waals surface area contributed by atoms with Crippen LogP contribution in [0.4, 0.5) is 17.6 Å². The van der Waals surface area contributed by atoms with E-state index in [1.165, 1.54) is 6.07 Å². The maximum absolute atomic E-state index is 13.6. The molecule has 4 nitrogen and oxygen atoms in total. The van der Waals surface area contributed by atoms with E-state index in [0.717, 1.165) is 12.1 Å². The van der Waals surface area contributed by atoms with E-state index < -0.39 is 39.9 Å². The summed E-state index contributed by atoms with van der Waals surface area (Å²) in [5.41, 5.74) is 0.219. The van der Waals surface area contributed by atoms with E-state index in [-0.39, 0.29) is 24.9 Å². The summed E-state index contributed by atoms with van der Waals surface area (Å²) in [7, 11) is -4.12. The lowest BCUT2D eigenvalue weighted by atomic mass is 10.2. The highest BCUT2D eigenvalue weighted by Gasteiger charge is 2.26. The van der Waals surface area contributed by atoms with Crippen molar-refractivity contribution in [3.05, 3.63) is 29.6 Å². The van der Waals surface area contributed by atoms with E-state index in [0.29, 0.717) is 0 Å². The second-order valence-electron chi connectivity index (χ2n) is 4.39. The van der Waals surface area contributed by atoms with Gasteiger partial charge in [0.2, 0.25) is 10.0 Å². The SMILES string of the molecule is O=S(=O)(NCCCCC(F)(F)F)c1ccc(CO)cc1F. The summed E-state index contributed by atoms with van der Waals surface area (Å²) in [5, 5.41) is 8.80. The number of nitrogens with one attached hydrogen (secondary N) is 1. The first-order chi connectivity index (χ1) is 9.65. The molecule has 0 aromatic heterocycles. The highest BCUT2D eigenvalue weighted by atomic mass is 32.2. The van der Waals surface area contributed by atoms with Gasteiger partial charge in [0, 0.05) is 13.0 Å². The number of halogens is 4. The molecule has 2 N–H and O–H groups in total. The molecule has 0 radical (unpaired) electrons. The topological polar surface area (TPSA) is 66.4 Å². The third-order valence-corrected chi connectivity index (χ3v) is 4.14. The van der Waals surface area contributed by atoms with Crippen LogP contribution >= 0.6 is 0 Å². The molecule has 0 unspecified atom stereocenters. The van der Waals surface area contributed by atoms with Crippen molar-refractivity contribution in [2.45, 2.75) is 36.9 Å².